The van der Waals surface area contributed by atoms with Crippen LogP contribution in [0.15, 0.2) is 10.7 Å². The number of piperidine rings is 1. The fourth-order valence-corrected chi connectivity index (χ4v) is 2.83. The second kappa shape index (κ2) is 7.67. The van der Waals surface area contributed by atoms with E-state index in [1.54, 1.807) is 6.26 Å². The van der Waals surface area contributed by atoms with Gasteiger partial charge in [-0.15, -0.1) is 0 Å². The number of nitrogens with one attached hydrogen (secondary N) is 1. The molecule has 4 nitrogen and oxygen atoms in total. The molecule has 0 atom stereocenters. The van der Waals surface area contributed by atoms with E-state index in [1.807, 2.05) is 0 Å². The molecule has 1 aromatic heterocycles. The summed E-state index contributed by atoms with van der Waals surface area (Å²) in [6.45, 7) is 10.7. The van der Waals surface area contributed by atoms with Crippen molar-refractivity contribution in [2.75, 3.05) is 24.5 Å². The van der Waals surface area contributed by atoms with Crippen molar-refractivity contribution in [2.24, 2.45) is 11.8 Å². The summed E-state index contributed by atoms with van der Waals surface area (Å²) in [4.78, 5) is 6.89. The van der Waals surface area contributed by atoms with Crippen molar-refractivity contribution in [3.63, 3.8) is 0 Å². The molecule has 0 radical (unpaired) electrons. The van der Waals surface area contributed by atoms with Crippen LogP contribution in [-0.4, -0.2) is 24.6 Å². The molecular weight excluding hydrogens is 250 g/mol. The topological polar surface area (TPSA) is 41.3 Å². The largest absolute Gasteiger partial charge is 0.432 e. The van der Waals surface area contributed by atoms with Crippen LogP contribution in [0.4, 0.5) is 6.01 Å². The molecule has 1 saturated heterocycles. The van der Waals surface area contributed by atoms with Crippen LogP contribution < -0.4 is 10.2 Å². The predicted molar refractivity (Wildman–Crippen MR) is 82.9 cm³/mol. The van der Waals surface area contributed by atoms with Crippen molar-refractivity contribution in [3.05, 3.63) is 12.0 Å². The molecule has 1 aliphatic rings. The highest BCUT2D eigenvalue weighted by atomic mass is 16.4. The minimum atomic E-state index is 0.666. The van der Waals surface area contributed by atoms with E-state index in [2.05, 4.69) is 36.0 Å². The second-order valence-electron chi connectivity index (χ2n) is 6.37. The minimum absolute atomic E-state index is 0.666. The van der Waals surface area contributed by atoms with Gasteiger partial charge >= 0.3 is 0 Å². The monoisotopic (exact) mass is 279 g/mol. The summed E-state index contributed by atoms with van der Waals surface area (Å²) in [7, 11) is 0. The average Bonchev–Trinajstić information content (AvgIpc) is 2.88. The van der Waals surface area contributed by atoms with Crippen LogP contribution in [0.2, 0.25) is 0 Å². The van der Waals surface area contributed by atoms with E-state index in [9.17, 15) is 0 Å². The van der Waals surface area contributed by atoms with Crippen molar-refractivity contribution in [3.8, 4) is 0 Å². The molecule has 1 N–H and O–H groups in total. The molecule has 1 aromatic rings. The van der Waals surface area contributed by atoms with E-state index in [-0.39, 0.29) is 0 Å². The molecule has 4 heteroatoms. The molecule has 114 valence electrons. The van der Waals surface area contributed by atoms with Crippen LogP contribution in [0, 0.1) is 11.8 Å². The SMILES string of the molecule is CCCC1CCN(c2nc(CNCC(C)C)co2)CC1. The molecule has 0 spiro atoms. The summed E-state index contributed by atoms with van der Waals surface area (Å²) in [6.07, 6.45) is 7.01. The Bertz CT molecular complexity index is 381. The van der Waals surface area contributed by atoms with Gasteiger partial charge in [0, 0.05) is 19.6 Å². The van der Waals surface area contributed by atoms with Gasteiger partial charge in [0.1, 0.15) is 6.26 Å². The summed E-state index contributed by atoms with van der Waals surface area (Å²) in [6, 6.07) is 0.807. The molecular formula is C16H29N3O. The van der Waals surface area contributed by atoms with Gasteiger partial charge in [0.15, 0.2) is 0 Å². The quantitative estimate of drug-likeness (QED) is 0.830. The molecule has 0 aliphatic carbocycles. The van der Waals surface area contributed by atoms with Crippen molar-refractivity contribution in [1.29, 1.82) is 0 Å². The lowest BCUT2D eigenvalue weighted by molar-refractivity contribution is 0.365. The lowest BCUT2D eigenvalue weighted by atomic mass is 9.93. The number of rotatable bonds is 7. The lowest BCUT2D eigenvalue weighted by Gasteiger charge is -2.30. The smallest absolute Gasteiger partial charge is 0.297 e. The highest BCUT2D eigenvalue weighted by molar-refractivity contribution is 5.27. The van der Waals surface area contributed by atoms with Crippen LogP contribution in [0.25, 0.3) is 0 Å². The normalized spacial score (nSPS) is 17.1. The maximum Gasteiger partial charge on any atom is 0.297 e. The van der Waals surface area contributed by atoms with Gasteiger partial charge in [-0.1, -0.05) is 33.6 Å². The fourth-order valence-electron chi connectivity index (χ4n) is 2.83. The first-order valence-corrected chi connectivity index (χ1v) is 8.09. The van der Waals surface area contributed by atoms with Gasteiger partial charge in [0.2, 0.25) is 0 Å². The second-order valence-corrected chi connectivity index (χ2v) is 6.37. The number of anilines is 1. The van der Waals surface area contributed by atoms with Crippen LogP contribution in [0.5, 0.6) is 0 Å². The van der Waals surface area contributed by atoms with Gasteiger partial charge in [-0.05, 0) is 31.2 Å². The van der Waals surface area contributed by atoms with Crippen molar-refractivity contribution < 1.29 is 4.42 Å². The molecule has 20 heavy (non-hydrogen) atoms. The Balaban J connectivity index is 1.78. The molecule has 1 fully saturated rings. The van der Waals surface area contributed by atoms with Gasteiger partial charge < -0.3 is 14.6 Å². The van der Waals surface area contributed by atoms with E-state index in [1.165, 1.54) is 25.7 Å². The van der Waals surface area contributed by atoms with Gasteiger partial charge in [-0.2, -0.15) is 4.98 Å². The Labute approximate surface area is 122 Å². The third-order valence-electron chi connectivity index (χ3n) is 3.98. The Morgan fingerprint density at radius 2 is 2.15 bits per heavy atom. The van der Waals surface area contributed by atoms with Crippen molar-refractivity contribution in [2.45, 2.75) is 53.0 Å². The number of oxazole rings is 1. The van der Waals surface area contributed by atoms with E-state index in [4.69, 9.17) is 4.42 Å². The molecule has 1 aliphatic heterocycles. The molecule has 2 heterocycles. The first-order chi connectivity index (χ1) is 9.69. The number of aromatic nitrogens is 1. The molecule has 0 amide bonds. The van der Waals surface area contributed by atoms with Crippen LogP contribution >= 0.6 is 0 Å². The first kappa shape index (κ1) is 15.4. The zero-order chi connectivity index (χ0) is 14.4. The summed E-state index contributed by atoms with van der Waals surface area (Å²) in [5.41, 5.74) is 1.01. The average molecular weight is 279 g/mol. The number of nitrogens with zero attached hydrogens (tertiary/aromatic N) is 2. The minimum Gasteiger partial charge on any atom is -0.432 e. The van der Waals surface area contributed by atoms with Crippen molar-refractivity contribution >= 4 is 6.01 Å². The summed E-state index contributed by atoms with van der Waals surface area (Å²) in [5, 5.41) is 3.40. The van der Waals surface area contributed by atoms with Gasteiger partial charge in [-0.3, -0.25) is 0 Å². The van der Waals surface area contributed by atoms with Gasteiger partial charge in [-0.25, -0.2) is 0 Å². The zero-order valence-corrected chi connectivity index (χ0v) is 13.2. The highest BCUT2D eigenvalue weighted by Crippen LogP contribution is 2.25. The molecule has 2 rings (SSSR count). The maximum absolute atomic E-state index is 5.63. The standard InChI is InChI=1S/C16H29N3O/c1-4-5-14-6-8-19(9-7-14)16-18-15(12-20-16)11-17-10-13(2)3/h12-14,17H,4-11H2,1-3H3. The van der Waals surface area contributed by atoms with Gasteiger partial charge in [0.05, 0.1) is 5.69 Å². The summed E-state index contributed by atoms with van der Waals surface area (Å²) < 4.78 is 5.63. The van der Waals surface area contributed by atoms with E-state index >= 15 is 0 Å². The fraction of sp³-hybridized carbons (Fsp3) is 0.812. The first-order valence-electron chi connectivity index (χ1n) is 8.09. The Hall–Kier alpha value is -1.03. The van der Waals surface area contributed by atoms with E-state index < -0.39 is 0 Å². The number of hydrogen-bond acceptors (Lipinski definition) is 4. The van der Waals surface area contributed by atoms with Crippen molar-refractivity contribution in [1.82, 2.24) is 10.3 Å². The Kier molecular flexibility index (Phi) is 5.89. The molecule has 0 saturated carbocycles. The molecule has 0 unspecified atom stereocenters. The highest BCUT2D eigenvalue weighted by Gasteiger charge is 2.21. The van der Waals surface area contributed by atoms with Crippen LogP contribution in [0.3, 0.4) is 0 Å². The van der Waals surface area contributed by atoms with Crippen LogP contribution in [-0.2, 0) is 6.54 Å². The van der Waals surface area contributed by atoms with Gasteiger partial charge in [0.25, 0.3) is 6.01 Å². The van der Waals surface area contributed by atoms with E-state index in [0.717, 1.165) is 43.8 Å². The molecule has 0 bridgehead atoms. The third kappa shape index (κ3) is 4.51. The van der Waals surface area contributed by atoms with E-state index in [0.29, 0.717) is 5.92 Å². The number of hydrogen-bond donors (Lipinski definition) is 1. The Morgan fingerprint density at radius 3 is 2.80 bits per heavy atom. The maximum atomic E-state index is 5.63. The summed E-state index contributed by atoms with van der Waals surface area (Å²) in [5.74, 6) is 1.57. The third-order valence-corrected chi connectivity index (χ3v) is 3.98. The molecule has 0 aromatic carbocycles. The summed E-state index contributed by atoms with van der Waals surface area (Å²) >= 11 is 0. The zero-order valence-electron chi connectivity index (χ0n) is 13.2. The van der Waals surface area contributed by atoms with Crippen LogP contribution in [0.1, 0.15) is 52.1 Å². The predicted octanol–water partition coefficient (Wildman–Crippen LogP) is 3.44. The lowest BCUT2D eigenvalue weighted by Crippen LogP contribution is -2.33. The Morgan fingerprint density at radius 1 is 1.40 bits per heavy atom.